The van der Waals surface area contributed by atoms with Gasteiger partial charge in [0.05, 0.1) is 53.6 Å². The second kappa shape index (κ2) is 7.69. The van der Waals surface area contributed by atoms with Gasteiger partial charge >= 0.3 is 0 Å². The lowest BCUT2D eigenvalue weighted by Gasteiger charge is -2.26. The van der Waals surface area contributed by atoms with E-state index in [1.165, 1.54) is 16.4 Å². The van der Waals surface area contributed by atoms with Crippen LogP contribution in [0.4, 0.5) is 0 Å². The fraction of sp³-hybridized carbons (Fsp3) is 0.450. The van der Waals surface area contributed by atoms with Crippen molar-refractivity contribution >= 4 is 32.7 Å². The van der Waals surface area contributed by atoms with Crippen LogP contribution in [0.25, 0.3) is 10.9 Å². The van der Waals surface area contributed by atoms with E-state index < -0.39 is 21.8 Å². The molecule has 0 atom stereocenters. The maximum Gasteiger partial charge on any atom is 0.263 e. The zero-order valence-corrected chi connectivity index (χ0v) is 17.6. The van der Waals surface area contributed by atoms with Gasteiger partial charge in [-0.2, -0.15) is 4.31 Å². The molecule has 2 aromatic rings. The predicted molar refractivity (Wildman–Crippen MR) is 108 cm³/mol. The number of amides is 2. The summed E-state index contributed by atoms with van der Waals surface area (Å²) >= 11 is 0. The summed E-state index contributed by atoms with van der Waals surface area (Å²) in [6.45, 7) is 4.42. The zero-order valence-electron chi connectivity index (χ0n) is 16.8. The summed E-state index contributed by atoms with van der Waals surface area (Å²) in [5.74, 6) is -1.17. The first-order valence-corrected chi connectivity index (χ1v) is 11.2. The zero-order chi connectivity index (χ0) is 21.6. The van der Waals surface area contributed by atoms with E-state index in [4.69, 9.17) is 4.74 Å². The van der Waals surface area contributed by atoms with Crippen molar-refractivity contribution in [2.45, 2.75) is 24.7 Å². The van der Waals surface area contributed by atoms with Crippen LogP contribution in [0, 0.1) is 0 Å². The Bertz CT molecular complexity index is 1140. The molecule has 1 saturated heterocycles. The number of hydrogen-bond donors (Lipinski definition) is 1. The van der Waals surface area contributed by atoms with E-state index in [-0.39, 0.29) is 48.2 Å². The Morgan fingerprint density at radius 2 is 1.80 bits per heavy atom. The van der Waals surface area contributed by atoms with Crippen LogP contribution in [0.15, 0.2) is 23.1 Å². The third kappa shape index (κ3) is 3.20. The number of carbonyl (C=O) groups is 2. The SMILES string of the molecule is CC(C)c1nc2ccc(S(=O)(=O)N3CCOCC3)cc2c2c1C(=O)N(CCO)C2=O. The smallest absolute Gasteiger partial charge is 0.263 e. The highest BCUT2D eigenvalue weighted by Gasteiger charge is 2.40. The Kier molecular flexibility index (Phi) is 5.35. The number of sulfonamides is 1. The van der Waals surface area contributed by atoms with Gasteiger partial charge in [0.2, 0.25) is 10.0 Å². The van der Waals surface area contributed by atoms with E-state index in [1.807, 2.05) is 13.8 Å². The van der Waals surface area contributed by atoms with Gasteiger partial charge < -0.3 is 9.84 Å². The molecule has 30 heavy (non-hydrogen) atoms. The molecule has 1 aromatic carbocycles. The number of carbonyl (C=O) groups excluding carboxylic acids is 2. The Morgan fingerprint density at radius 1 is 1.13 bits per heavy atom. The molecule has 0 spiro atoms. The van der Waals surface area contributed by atoms with E-state index in [0.717, 1.165) is 4.90 Å². The maximum absolute atomic E-state index is 13.1. The van der Waals surface area contributed by atoms with Crippen molar-refractivity contribution in [3.63, 3.8) is 0 Å². The summed E-state index contributed by atoms with van der Waals surface area (Å²) in [6, 6.07) is 4.47. The molecule has 9 nitrogen and oxygen atoms in total. The molecule has 1 fully saturated rings. The number of imide groups is 1. The van der Waals surface area contributed by atoms with Crippen LogP contribution < -0.4 is 0 Å². The third-order valence-corrected chi connectivity index (χ3v) is 7.28. The molecule has 2 aliphatic rings. The van der Waals surface area contributed by atoms with Crippen LogP contribution in [0.5, 0.6) is 0 Å². The molecule has 0 unspecified atom stereocenters. The lowest BCUT2D eigenvalue weighted by molar-refractivity contribution is 0.0624. The highest BCUT2D eigenvalue weighted by Crippen LogP contribution is 2.35. The van der Waals surface area contributed by atoms with E-state index in [2.05, 4.69) is 4.98 Å². The quantitative estimate of drug-likeness (QED) is 0.698. The first-order chi connectivity index (χ1) is 14.3. The monoisotopic (exact) mass is 433 g/mol. The minimum Gasteiger partial charge on any atom is -0.395 e. The van der Waals surface area contributed by atoms with Crippen molar-refractivity contribution in [2.24, 2.45) is 0 Å². The van der Waals surface area contributed by atoms with Crippen LogP contribution in [0.3, 0.4) is 0 Å². The van der Waals surface area contributed by atoms with Crippen molar-refractivity contribution in [1.29, 1.82) is 0 Å². The Labute approximate surface area is 174 Å². The second-order valence-corrected chi connectivity index (χ2v) is 9.52. The highest BCUT2D eigenvalue weighted by molar-refractivity contribution is 7.89. The lowest BCUT2D eigenvalue weighted by Crippen LogP contribution is -2.40. The van der Waals surface area contributed by atoms with Crippen molar-refractivity contribution in [1.82, 2.24) is 14.2 Å². The molecule has 1 N–H and O–H groups in total. The van der Waals surface area contributed by atoms with Crippen LogP contribution in [-0.2, 0) is 14.8 Å². The number of benzene rings is 1. The molecular formula is C20H23N3O6S. The van der Waals surface area contributed by atoms with E-state index in [0.29, 0.717) is 29.8 Å². The molecule has 160 valence electrons. The van der Waals surface area contributed by atoms with Gasteiger partial charge in [0.1, 0.15) is 0 Å². The van der Waals surface area contributed by atoms with Gasteiger partial charge in [0.15, 0.2) is 0 Å². The van der Waals surface area contributed by atoms with E-state index >= 15 is 0 Å². The first-order valence-electron chi connectivity index (χ1n) is 9.80. The third-order valence-electron chi connectivity index (χ3n) is 5.38. The van der Waals surface area contributed by atoms with Gasteiger partial charge in [0, 0.05) is 18.5 Å². The molecule has 0 radical (unpaired) electrons. The molecule has 2 aliphatic heterocycles. The number of fused-ring (bicyclic) bond motifs is 3. The van der Waals surface area contributed by atoms with Crippen LogP contribution in [0.2, 0.25) is 0 Å². The van der Waals surface area contributed by atoms with Gasteiger partial charge in [0.25, 0.3) is 11.8 Å². The number of morpholine rings is 1. The van der Waals surface area contributed by atoms with Crippen molar-refractivity contribution in [3.8, 4) is 0 Å². The molecular weight excluding hydrogens is 410 g/mol. The minimum absolute atomic E-state index is 0.0408. The number of aromatic nitrogens is 1. The average molecular weight is 433 g/mol. The Morgan fingerprint density at radius 3 is 2.43 bits per heavy atom. The number of pyridine rings is 1. The normalized spacial score (nSPS) is 17.9. The van der Waals surface area contributed by atoms with Gasteiger partial charge in [-0.3, -0.25) is 19.5 Å². The molecule has 0 saturated carbocycles. The van der Waals surface area contributed by atoms with Gasteiger partial charge in [-0.1, -0.05) is 13.8 Å². The second-order valence-electron chi connectivity index (χ2n) is 7.58. The maximum atomic E-state index is 13.1. The number of β-amino-alcohol motifs (C(OH)–C–C–N with tert-alkyl or cyclic N) is 1. The number of rotatable bonds is 5. The molecule has 2 amide bonds. The molecule has 10 heteroatoms. The highest BCUT2D eigenvalue weighted by atomic mass is 32.2. The number of nitrogens with zero attached hydrogens (tertiary/aromatic N) is 3. The fourth-order valence-corrected chi connectivity index (χ4v) is 5.31. The number of aliphatic hydroxyl groups excluding tert-OH is 1. The van der Waals surface area contributed by atoms with Crippen LogP contribution >= 0.6 is 0 Å². The first kappa shape index (κ1) is 20.9. The topological polar surface area (TPSA) is 117 Å². The number of ether oxygens (including phenoxy) is 1. The van der Waals surface area contributed by atoms with Gasteiger partial charge in [-0.05, 0) is 24.1 Å². The predicted octanol–water partition coefficient (Wildman–Crippen LogP) is 0.967. The largest absolute Gasteiger partial charge is 0.395 e. The molecule has 1 aromatic heterocycles. The summed E-state index contributed by atoms with van der Waals surface area (Å²) < 4.78 is 32.7. The van der Waals surface area contributed by atoms with Crippen LogP contribution in [-0.4, -0.2) is 79.0 Å². The Balaban J connectivity index is 1.93. The molecule has 4 rings (SSSR count). The standard InChI is InChI=1S/C20H23N3O6S/c1-12(2)18-17-16(19(25)23(5-8-24)20(17)26)14-11-13(3-4-15(14)21-18)30(27,28)22-6-9-29-10-7-22/h3-4,11-12,24H,5-10H2,1-2H3. The lowest BCUT2D eigenvalue weighted by atomic mass is 9.97. The van der Waals surface area contributed by atoms with Crippen molar-refractivity contribution in [3.05, 3.63) is 35.0 Å². The average Bonchev–Trinajstić information content (AvgIpc) is 2.99. The summed E-state index contributed by atoms with van der Waals surface area (Å²) in [6.07, 6.45) is 0. The summed E-state index contributed by atoms with van der Waals surface area (Å²) in [7, 11) is -3.78. The summed E-state index contributed by atoms with van der Waals surface area (Å²) in [4.78, 5) is 31.5. The van der Waals surface area contributed by atoms with Gasteiger partial charge in [-0.15, -0.1) is 0 Å². The summed E-state index contributed by atoms with van der Waals surface area (Å²) in [5, 5.41) is 9.59. The summed E-state index contributed by atoms with van der Waals surface area (Å²) in [5.41, 5.74) is 1.28. The fourth-order valence-electron chi connectivity index (χ4n) is 3.88. The Hall–Kier alpha value is -2.40. The number of aliphatic hydroxyl groups is 1. The minimum atomic E-state index is -3.78. The number of hydrogen-bond acceptors (Lipinski definition) is 7. The molecule has 3 heterocycles. The van der Waals surface area contributed by atoms with Crippen LogP contribution in [0.1, 0.15) is 46.2 Å². The van der Waals surface area contributed by atoms with Gasteiger partial charge in [-0.25, -0.2) is 8.42 Å². The van der Waals surface area contributed by atoms with E-state index in [1.54, 1.807) is 6.07 Å². The van der Waals surface area contributed by atoms with Crippen molar-refractivity contribution in [2.75, 3.05) is 39.5 Å². The molecule has 0 aliphatic carbocycles. The van der Waals surface area contributed by atoms with Crippen molar-refractivity contribution < 1.29 is 27.9 Å². The van der Waals surface area contributed by atoms with E-state index in [9.17, 15) is 23.1 Å². The molecule has 0 bridgehead atoms.